The lowest BCUT2D eigenvalue weighted by Gasteiger charge is -2.35. The summed E-state index contributed by atoms with van der Waals surface area (Å²) in [5.74, 6) is -1.26. The van der Waals surface area contributed by atoms with E-state index >= 15 is 0 Å². The lowest BCUT2D eigenvalue weighted by atomic mass is 10.1. The molecule has 1 saturated heterocycles. The van der Waals surface area contributed by atoms with E-state index in [1.54, 1.807) is 20.8 Å². The van der Waals surface area contributed by atoms with Gasteiger partial charge in [-0.15, -0.1) is 0 Å². The highest BCUT2D eigenvalue weighted by Gasteiger charge is 2.28. The van der Waals surface area contributed by atoms with Crippen molar-refractivity contribution >= 4 is 29.8 Å². The van der Waals surface area contributed by atoms with Crippen molar-refractivity contribution in [3.05, 3.63) is 29.3 Å². The first kappa shape index (κ1) is 23.0. The van der Waals surface area contributed by atoms with Gasteiger partial charge in [-0.2, -0.15) is 0 Å². The second kappa shape index (κ2) is 9.47. The molecule has 0 spiro atoms. The fourth-order valence-corrected chi connectivity index (χ4v) is 2.79. The Morgan fingerprint density at radius 3 is 2.00 bits per heavy atom. The number of benzene rings is 1. The van der Waals surface area contributed by atoms with Crippen LogP contribution in [0.3, 0.4) is 0 Å². The van der Waals surface area contributed by atoms with Gasteiger partial charge in [-0.05, 0) is 39.0 Å². The molecule has 1 aromatic rings. The zero-order valence-electron chi connectivity index (χ0n) is 17.8. The van der Waals surface area contributed by atoms with Crippen LogP contribution in [-0.4, -0.2) is 79.9 Å². The molecule has 1 aromatic carbocycles. The van der Waals surface area contributed by atoms with Crippen LogP contribution in [0.1, 0.15) is 41.5 Å². The molecular formula is C20H27N3O7. The maximum absolute atomic E-state index is 12.7. The molecular weight excluding hydrogens is 394 g/mol. The Balaban J connectivity index is 2.08. The highest BCUT2D eigenvalue weighted by molar-refractivity contribution is 6.03. The predicted octanol–water partition coefficient (Wildman–Crippen LogP) is 2.34. The van der Waals surface area contributed by atoms with Gasteiger partial charge in [-0.3, -0.25) is 0 Å². The topological polar surface area (TPSA) is 114 Å². The third-order valence-corrected chi connectivity index (χ3v) is 4.31. The molecule has 2 rings (SSSR count). The van der Waals surface area contributed by atoms with Crippen molar-refractivity contribution in [2.75, 3.05) is 45.7 Å². The molecule has 1 heterocycles. The van der Waals surface area contributed by atoms with Gasteiger partial charge in [0.05, 0.1) is 31.0 Å². The standard InChI is InChI=1S/C20H27N3O7/c1-20(2,3)30-19(27)23-10-8-22(9-11-23)18(26)21-15-12-13(16(24)28-4)6-7-14(15)17(25)29-5/h6-7,12H,8-11H2,1-5H3,(H,21,26). The SMILES string of the molecule is COC(=O)c1ccc(C(=O)OC)c(NC(=O)N2CCN(C(=O)OC(C)(C)C)CC2)c1. The molecule has 0 atom stereocenters. The van der Waals surface area contributed by atoms with E-state index in [2.05, 4.69) is 10.1 Å². The number of carbonyl (C=O) groups is 4. The van der Waals surface area contributed by atoms with E-state index in [-0.39, 0.29) is 29.9 Å². The van der Waals surface area contributed by atoms with Crippen LogP contribution in [0.5, 0.6) is 0 Å². The van der Waals surface area contributed by atoms with E-state index in [1.807, 2.05) is 0 Å². The van der Waals surface area contributed by atoms with Gasteiger partial charge >= 0.3 is 24.1 Å². The van der Waals surface area contributed by atoms with Crippen molar-refractivity contribution < 1.29 is 33.4 Å². The summed E-state index contributed by atoms with van der Waals surface area (Å²) in [7, 11) is 2.46. The molecule has 30 heavy (non-hydrogen) atoms. The average Bonchev–Trinajstić information content (AvgIpc) is 2.71. The second-order valence-corrected chi connectivity index (χ2v) is 7.63. The molecule has 0 unspecified atom stereocenters. The largest absolute Gasteiger partial charge is 0.465 e. The Kier molecular flexibility index (Phi) is 7.25. The second-order valence-electron chi connectivity index (χ2n) is 7.63. The maximum atomic E-state index is 12.7. The summed E-state index contributed by atoms with van der Waals surface area (Å²) in [4.78, 5) is 51.7. The van der Waals surface area contributed by atoms with E-state index < -0.39 is 29.7 Å². The van der Waals surface area contributed by atoms with E-state index in [1.165, 1.54) is 42.2 Å². The van der Waals surface area contributed by atoms with Gasteiger partial charge in [0.1, 0.15) is 5.60 Å². The molecule has 10 nitrogen and oxygen atoms in total. The summed E-state index contributed by atoms with van der Waals surface area (Å²) in [5, 5.41) is 2.64. The Morgan fingerprint density at radius 2 is 1.47 bits per heavy atom. The summed E-state index contributed by atoms with van der Waals surface area (Å²) in [6.45, 7) is 6.56. The van der Waals surface area contributed by atoms with Crippen LogP contribution in [0.2, 0.25) is 0 Å². The number of esters is 2. The van der Waals surface area contributed by atoms with Crippen LogP contribution in [0, 0.1) is 0 Å². The first-order chi connectivity index (χ1) is 14.1. The van der Waals surface area contributed by atoms with Crippen LogP contribution < -0.4 is 5.32 Å². The predicted molar refractivity (Wildman–Crippen MR) is 108 cm³/mol. The summed E-state index contributed by atoms with van der Waals surface area (Å²) < 4.78 is 14.8. The highest BCUT2D eigenvalue weighted by atomic mass is 16.6. The zero-order chi connectivity index (χ0) is 22.5. The first-order valence-corrected chi connectivity index (χ1v) is 9.40. The number of amides is 3. The lowest BCUT2D eigenvalue weighted by Crippen LogP contribution is -2.52. The Hall–Kier alpha value is -3.30. The van der Waals surface area contributed by atoms with Crippen molar-refractivity contribution in [2.24, 2.45) is 0 Å². The van der Waals surface area contributed by atoms with Gasteiger partial charge in [-0.1, -0.05) is 0 Å². The van der Waals surface area contributed by atoms with E-state index in [9.17, 15) is 19.2 Å². The smallest absolute Gasteiger partial charge is 0.410 e. The molecule has 1 aliphatic heterocycles. The number of methoxy groups -OCH3 is 2. The van der Waals surface area contributed by atoms with Gasteiger partial charge in [-0.25, -0.2) is 19.2 Å². The van der Waals surface area contributed by atoms with Crippen LogP contribution in [-0.2, 0) is 14.2 Å². The molecule has 0 aromatic heterocycles. The number of ether oxygens (including phenoxy) is 3. The molecule has 0 aliphatic carbocycles. The summed E-state index contributed by atoms with van der Waals surface area (Å²) >= 11 is 0. The number of nitrogens with zero attached hydrogens (tertiary/aromatic N) is 2. The monoisotopic (exact) mass is 421 g/mol. The van der Waals surface area contributed by atoms with E-state index in [0.29, 0.717) is 13.1 Å². The fraction of sp³-hybridized carbons (Fsp3) is 0.500. The molecule has 0 saturated carbocycles. The summed E-state index contributed by atoms with van der Waals surface area (Å²) in [5.41, 5.74) is -0.189. The van der Waals surface area contributed by atoms with Crippen LogP contribution in [0.25, 0.3) is 0 Å². The number of carbonyl (C=O) groups excluding carboxylic acids is 4. The fourth-order valence-electron chi connectivity index (χ4n) is 2.79. The number of piperazine rings is 1. The number of nitrogens with one attached hydrogen (secondary N) is 1. The minimum Gasteiger partial charge on any atom is -0.465 e. The number of urea groups is 1. The summed E-state index contributed by atoms with van der Waals surface area (Å²) in [6.07, 6.45) is -0.429. The van der Waals surface area contributed by atoms with E-state index in [0.717, 1.165) is 0 Å². The number of anilines is 1. The molecule has 0 radical (unpaired) electrons. The number of hydrogen-bond donors (Lipinski definition) is 1. The Bertz CT molecular complexity index is 824. The van der Waals surface area contributed by atoms with E-state index in [4.69, 9.17) is 9.47 Å². The Morgan fingerprint density at radius 1 is 0.900 bits per heavy atom. The van der Waals surface area contributed by atoms with Crippen LogP contribution in [0.4, 0.5) is 15.3 Å². The third kappa shape index (κ3) is 5.85. The maximum Gasteiger partial charge on any atom is 0.410 e. The van der Waals surface area contributed by atoms with Gasteiger partial charge < -0.3 is 29.3 Å². The van der Waals surface area contributed by atoms with Crippen LogP contribution >= 0.6 is 0 Å². The molecule has 10 heteroatoms. The molecule has 164 valence electrons. The van der Waals surface area contributed by atoms with Crippen molar-refractivity contribution in [2.45, 2.75) is 26.4 Å². The van der Waals surface area contributed by atoms with Crippen molar-refractivity contribution in [1.82, 2.24) is 9.80 Å². The molecule has 1 aliphatic rings. The minimum atomic E-state index is -0.656. The third-order valence-electron chi connectivity index (χ3n) is 4.31. The Labute approximate surface area is 175 Å². The van der Waals surface area contributed by atoms with Gasteiger partial charge in [0.15, 0.2) is 0 Å². The normalized spacial score (nSPS) is 14.0. The lowest BCUT2D eigenvalue weighted by molar-refractivity contribution is 0.0173. The average molecular weight is 421 g/mol. The van der Waals surface area contributed by atoms with Crippen molar-refractivity contribution in [3.8, 4) is 0 Å². The van der Waals surface area contributed by atoms with Crippen molar-refractivity contribution in [1.29, 1.82) is 0 Å². The first-order valence-electron chi connectivity index (χ1n) is 9.40. The van der Waals surface area contributed by atoms with Crippen molar-refractivity contribution in [3.63, 3.8) is 0 Å². The highest BCUT2D eigenvalue weighted by Crippen LogP contribution is 2.21. The van der Waals surface area contributed by atoms with Gasteiger partial charge in [0.25, 0.3) is 0 Å². The quantitative estimate of drug-likeness (QED) is 0.588. The number of hydrogen-bond acceptors (Lipinski definition) is 7. The zero-order valence-corrected chi connectivity index (χ0v) is 17.8. The number of rotatable bonds is 3. The molecule has 0 bridgehead atoms. The minimum absolute atomic E-state index is 0.103. The summed E-state index contributed by atoms with van der Waals surface area (Å²) in [6, 6.07) is 3.68. The molecule has 1 N–H and O–H groups in total. The van der Waals surface area contributed by atoms with Crippen LogP contribution in [0.15, 0.2) is 18.2 Å². The van der Waals surface area contributed by atoms with Gasteiger partial charge in [0.2, 0.25) is 0 Å². The molecule has 3 amide bonds. The van der Waals surface area contributed by atoms with Gasteiger partial charge in [0, 0.05) is 26.2 Å². The molecule has 1 fully saturated rings.